The molecule has 3 fully saturated rings. The molecule has 5 atom stereocenters. The van der Waals surface area contributed by atoms with Crippen LogP contribution < -0.4 is 20.1 Å². The van der Waals surface area contributed by atoms with Crippen molar-refractivity contribution in [2.75, 3.05) is 11.9 Å². The van der Waals surface area contributed by atoms with Crippen LogP contribution in [0.3, 0.4) is 0 Å². The van der Waals surface area contributed by atoms with Gasteiger partial charge in [0.05, 0.1) is 16.8 Å². The number of amides is 3. The van der Waals surface area contributed by atoms with Gasteiger partial charge in [0.25, 0.3) is 11.9 Å². The third-order valence-corrected chi connectivity index (χ3v) is 14.4. The molecule has 3 aromatic carbocycles. The second-order valence-electron chi connectivity index (χ2n) is 16.8. The van der Waals surface area contributed by atoms with Crippen molar-refractivity contribution in [3.63, 3.8) is 0 Å². The van der Waals surface area contributed by atoms with Gasteiger partial charge in [-0.2, -0.15) is 4.98 Å². The van der Waals surface area contributed by atoms with Crippen molar-refractivity contribution in [3.05, 3.63) is 90.8 Å². The Bertz CT molecular complexity index is 2360. The summed E-state index contributed by atoms with van der Waals surface area (Å²) in [6, 6.07) is 20.0. The zero-order chi connectivity index (χ0) is 40.8. The molecule has 3 heterocycles. The minimum absolute atomic E-state index is 0.0562. The quantitative estimate of drug-likeness (QED) is 0.159. The van der Waals surface area contributed by atoms with Gasteiger partial charge in [0.1, 0.15) is 35.1 Å². The molecule has 0 unspecified atom stereocenters. The van der Waals surface area contributed by atoms with E-state index in [1.165, 1.54) is 11.0 Å². The van der Waals surface area contributed by atoms with E-state index < -0.39 is 56.2 Å². The normalized spacial score (nSPS) is 25.9. The lowest BCUT2D eigenvalue weighted by Crippen LogP contribution is -2.58. The molecule has 58 heavy (non-hydrogen) atoms. The fraction of sp³-hybridized carbons (Fsp3) is 0.455. The number of aromatic nitrogens is 2. The van der Waals surface area contributed by atoms with Crippen LogP contribution >= 0.6 is 0 Å². The van der Waals surface area contributed by atoms with Gasteiger partial charge in [-0.15, -0.1) is 0 Å². The molecular weight excluding hydrogens is 760 g/mol. The first-order valence-electron chi connectivity index (χ1n) is 20.4. The Morgan fingerprint density at radius 2 is 1.72 bits per heavy atom. The molecular formula is C44H51FN6O6S. The molecule has 1 saturated heterocycles. The third-order valence-electron chi connectivity index (χ3n) is 12.2. The van der Waals surface area contributed by atoms with Crippen LogP contribution in [0.2, 0.25) is 0 Å². The molecule has 0 radical (unpaired) electrons. The van der Waals surface area contributed by atoms with Crippen LogP contribution in [0.4, 0.5) is 10.1 Å². The number of benzene rings is 3. The van der Waals surface area contributed by atoms with Crippen LogP contribution in [0, 0.1) is 11.7 Å². The zero-order valence-electron chi connectivity index (χ0n) is 33.1. The lowest BCUT2D eigenvalue weighted by atomic mass is 10.0. The standard InChI is InChI=1S/C44H51FN6O6S/c1-28(2)51-36-22-14-19-33(32-18-12-13-20-34(32)45)38(36)47-42(51)57-31-25-37-39(52)48-44(41(54)49-58(55,56)43(3)23-24-43)26-29(44)15-8-5-4-6-11-21-35(40(53)50(37)27-31)46-30-16-9-7-10-17-30/h7-10,12-20,22,28-29,31,35,37,46H,4-6,11,21,23-27H2,1-3H3,(H,48,52)(H,49,54)/t29-,31-,35+,37+,44-/m1/s1. The number of imidazole rings is 1. The number of halogens is 1. The van der Waals surface area contributed by atoms with E-state index in [1.807, 2.05) is 79.1 Å². The van der Waals surface area contributed by atoms with Crippen molar-refractivity contribution < 1.29 is 31.9 Å². The average molecular weight is 811 g/mol. The van der Waals surface area contributed by atoms with Gasteiger partial charge >= 0.3 is 0 Å². The molecule has 2 saturated carbocycles. The molecule has 3 N–H and O–H groups in total. The molecule has 0 bridgehead atoms. The Kier molecular flexibility index (Phi) is 10.6. The highest BCUT2D eigenvalue weighted by molar-refractivity contribution is 7.91. The van der Waals surface area contributed by atoms with Crippen LogP contribution in [0.25, 0.3) is 22.2 Å². The van der Waals surface area contributed by atoms with Crippen LogP contribution in [0.5, 0.6) is 6.01 Å². The Morgan fingerprint density at radius 1 is 0.983 bits per heavy atom. The Morgan fingerprint density at radius 3 is 2.47 bits per heavy atom. The number of para-hydroxylation sites is 2. The molecule has 2 aliphatic heterocycles. The predicted molar refractivity (Wildman–Crippen MR) is 220 cm³/mol. The first-order chi connectivity index (χ1) is 27.8. The highest BCUT2D eigenvalue weighted by atomic mass is 32.2. The highest BCUT2D eigenvalue weighted by Gasteiger charge is 2.63. The summed E-state index contributed by atoms with van der Waals surface area (Å²) < 4.78 is 51.4. The molecule has 2 aliphatic carbocycles. The van der Waals surface area contributed by atoms with Crippen molar-refractivity contribution in [1.29, 1.82) is 0 Å². The number of hydrogen-bond donors (Lipinski definition) is 3. The molecule has 1 aromatic heterocycles. The fourth-order valence-corrected chi connectivity index (χ4v) is 9.72. The highest BCUT2D eigenvalue weighted by Crippen LogP contribution is 2.47. The average Bonchev–Trinajstić information content (AvgIpc) is 4.02. The maximum Gasteiger partial charge on any atom is 0.297 e. The van der Waals surface area contributed by atoms with E-state index in [0.29, 0.717) is 35.9 Å². The lowest BCUT2D eigenvalue weighted by molar-refractivity contribution is -0.140. The summed E-state index contributed by atoms with van der Waals surface area (Å²) >= 11 is 0. The largest absolute Gasteiger partial charge is 0.459 e. The van der Waals surface area contributed by atoms with E-state index in [2.05, 4.69) is 15.4 Å². The number of carbonyl (C=O) groups excluding carboxylic acids is 3. The summed E-state index contributed by atoms with van der Waals surface area (Å²) in [4.78, 5) is 49.8. The number of nitrogens with one attached hydrogen (secondary N) is 3. The van der Waals surface area contributed by atoms with E-state index in [1.54, 1.807) is 25.1 Å². The molecule has 8 rings (SSSR count). The van der Waals surface area contributed by atoms with E-state index in [4.69, 9.17) is 9.72 Å². The third kappa shape index (κ3) is 7.58. The Labute approximate surface area is 338 Å². The number of nitrogens with zero attached hydrogens (tertiary/aromatic N) is 3. The Balaban J connectivity index is 1.14. The maximum atomic E-state index is 15.1. The number of fused-ring (bicyclic) bond motifs is 3. The van der Waals surface area contributed by atoms with Crippen molar-refractivity contribution >= 4 is 44.5 Å². The first-order valence-corrected chi connectivity index (χ1v) is 21.9. The molecule has 4 aliphatic rings. The van der Waals surface area contributed by atoms with Gasteiger partial charge < -0.3 is 20.3 Å². The van der Waals surface area contributed by atoms with Crippen LogP contribution in [-0.4, -0.2) is 75.6 Å². The van der Waals surface area contributed by atoms with E-state index >= 15 is 4.39 Å². The summed E-state index contributed by atoms with van der Waals surface area (Å²) in [6.07, 6.45) is 8.22. The minimum Gasteiger partial charge on any atom is -0.459 e. The van der Waals surface area contributed by atoms with Gasteiger partial charge in [-0.05, 0) is 83.6 Å². The number of anilines is 1. The SMILES string of the molecule is CC(C)n1c(O[C@@H]2C[C@H]3C(=O)N[C@]4(C(=O)NS(=O)(=O)C5(C)CC5)C[C@H]4C=CCCCCC[C@H](Nc4ccccc4)C(=O)N3C2)nc2c(-c3ccccc3F)cccc21. The summed E-state index contributed by atoms with van der Waals surface area (Å²) in [5.41, 5.74) is 1.60. The van der Waals surface area contributed by atoms with Gasteiger partial charge in [-0.25, -0.2) is 12.8 Å². The maximum absolute atomic E-state index is 15.1. The topological polar surface area (TPSA) is 152 Å². The molecule has 14 heteroatoms. The van der Waals surface area contributed by atoms with Crippen LogP contribution in [0.1, 0.15) is 84.6 Å². The van der Waals surface area contributed by atoms with E-state index in [0.717, 1.165) is 36.9 Å². The van der Waals surface area contributed by atoms with Crippen molar-refractivity contribution in [2.24, 2.45) is 5.92 Å². The summed E-state index contributed by atoms with van der Waals surface area (Å²) in [6.45, 7) is 5.65. The first kappa shape index (κ1) is 39.6. The van der Waals surface area contributed by atoms with Crippen LogP contribution in [0.15, 0.2) is 84.9 Å². The molecule has 3 amide bonds. The minimum atomic E-state index is -3.98. The zero-order valence-corrected chi connectivity index (χ0v) is 33.9. The second kappa shape index (κ2) is 15.5. The molecule has 4 aromatic rings. The van der Waals surface area contributed by atoms with Crippen molar-refractivity contribution in [3.8, 4) is 17.1 Å². The summed E-state index contributed by atoms with van der Waals surface area (Å²) in [5.74, 6) is -2.40. The van der Waals surface area contributed by atoms with Gasteiger partial charge in [-0.1, -0.05) is 73.5 Å². The van der Waals surface area contributed by atoms with Crippen molar-refractivity contribution in [2.45, 2.75) is 113 Å². The molecule has 12 nitrogen and oxygen atoms in total. The number of ether oxygens (including phenoxy) is 1. The summed E-state index contributed by atoms with van der Waals surface area (Å²) in [7, 11) is -3.98. The number of allylic oxidation sites excluding steroid dienone is 1. The number of rotatable bonds is 9. The van der Waals surface area contributed by atoms with Gasteiger partial charge in [-0.3, -0.25) is 23.7 Å². The molecule has 306 valence electrons. The fourth-order valence-electron chi connectivity index (χ4n) is 8.41. The second-order valence-corrected chi connectivity index (χ2v) is 19.0. The Hall–Kier alpha value is -5.24. The lowest BCUT2D eigenvalue weighted by Gasteiger charge is -2.30. The number of carbonyl (C=O) groups is 3. The van der Waals surface area contributed by atoms with E-state index in [-0.39, 0.29) is 43.2 Å². The van der Waals surface area contributed by atoms with Crippen molar-refractivity contribution in [1.82, 2.24) is 24.5 Å². The molecule has 0 spiro atoms. The van der Waals surface area contributed by atoms with Gasteiger partial charge in [0.2, 0.25) is 21.8 Å². The number of hydrogen-bond acceptors (Lipinski definition) is 8. The van der Waals surface area contributed by atoms with E-state index in [9.17, 15) is 22.8 Å². The van der Waals surface area contributed by atoms with Gasteiger partial charge in [0, 0.05) is 35.2 Å². The predicted octanol–water partition coefficient (Wildman–Crippen LogP) is 6.65. The monoisotopic (exact) mass is 810 g/mol. The summed E-state index contributed by atoms with van der Waals surface area (Å²) in [5, 5.41) is 6.38. The van der Waals surface area contributed by atoms with Crippen LogP contribution in [-0.2, 0) is 24.4 Å². The number of sulfonamides is 1. The smallest absolute Gasteiger partial charge is 0.297 e. The van der Waals surface area contributed by atoms with Gasteiger partial charge in [0.15, 0.2) is 0 Å².